The molecule has 2 unspecified atom stereocenters. The molecule has 0 radical (unpaired) electrons. The van der Waals surface area contributed by atoms with Gasteiger partial charge in [-0.3, -0.25) is 4.90 Å². The van der Waals surface area contributed by atoms with E-state index in [0.29, 0.717) is 0 Å². The fourth-order valence-electron chi connectivity index (χ4n) is 4.13. The van der Waals surface area contributed by atoms with Crippen LogP contribution in [-0.4, -0.2) is 41.1 Å². The van der Waals surface area contributed by atoms with E-state index in [9.17, 15) is 0 Å². The van der Waals surface area contributed by atoms with E-state index >= 15 is 0 Å². The Labute approximate surface area is 133 Å². The van der Waals surface area contributed by atoms with Gasteiger partial charge in [-0.2, -0.15) is 0 Å². The molecule has 1 aromatic heterocycles. The molecular formula is C17H29N3S. The van der Waals surface area contributed by atoms with Gasteiger partial charge in [0, 0.05) is 36.5 Å². The molecule has 2 aliphatic heterocycles. The molecule has 2 fully saturated rings. The minimum absolute atomic E-state index is 0.762. The Morgan fingerprint density at radius 1 is 1.33 bits per heavy atom. The van der Waals surface area contributed by atoms with Crippen LogP contribution in [0.25, 0.3) is 0 Å². The summed E-state index contributed by atoms with van der Waals surface area (Å²) in [6, 6.07) is 2.39. The van der Waals surface area contributed by atoms with Gasteiger partial charge in [0.25, 0.3) is 0 Å². The third kappa shape index (κ3) is 3.85. The molecule has 0 aliphatic carbocycles. The third-order valence-electron chi connectivity index (χ3n) is 5.10. The molecule has 0 saturated carbocycles. The Morgan fingerprint density at radius 3 is 2.71 bits per heavy atom. The molecular weight excluding hydrogens is 278 g/mol. The molecule has 0 amide bonds. The molecule has 1 N–H and O–H groups in total. The van der Waals surface area contributed by atoms with Crippen LogP contribution >= 0.6 is 11.3 Å². The molecule has 2 aliphatic rings. The highest BCUT2D eigenvalue weighted by molar-refractivity contribution is 7.09. The number of nitrogens with zero attached hydrogens (tertiary/aromatic N) is 2. The summed E-state index contributed by atoms with van der Waals surface area (Å²) in [5.74, 6) is 0. The van der Waals surface area contributed by atoms with Crippen molar-refractivity contribution in [2.45, 2.75) is 76.9 Å². The van der Waals surface area contributed by atoms with Crippen molar-refractivity contribution >= 4 is 11.3 Å². The first-order valence-corrected chi connectivity index (χ1v) is 9.54. The standard InChI is InChI=1S/C17H29N3S/c1-3-8-18-15-10-16-5-4-6-17(11-15)20(16)9-7-14-12-21-13(2)19-14/h12,15-18H,3-11H2,1-2H3. The molecule has 21 heavy (non-hydrogen) atoms. The first-order chi connectivity index (χ1) is 10.3. The van der Waals surface area contributed by atoms with Crippen molar-refractivity contribution in [3.05, 3.63) is 16.1 Å². The summed E-state index contributed by atoms with van der Waals surface area (Å²) in [7, 11) is 0. The lowest BCUT2D eigenvalue weighted by Crippen LogP contribution is -2.56. The fraction of sp³-hybridized carbons (Fsp3) is 0.824. The zero-order valence-corrected chi connectivity index (χ0v) is 14.3. The van der Waals surface area contributed by atoms with Gasteiger partial charge < -0.3 is 5.32 Å². The molecule has 3 nitrogen and oxygen atoms in total. The van der Waals surface area contributed by atoms with Gasteiger partial charge in [0.2, 0.25) is 0 Å². The van der Waals surface area contributed by atoms with Crippen molar-refractivity contribution in [1.29, 1.82) is 0 Å². The van der Waals surface area contributed by atoms with Crippen molar-refractivity contribution in [3.8, 4) is 0 Å². The SMILES string of the molecule is CCCNC1CC2CCCC(C1)N2CCc1csc(C)n1. The molecule has 2 bridgehead atoms. The highest BCUT2D eigenvalue weighted by atomic mass is 32.1. The Kier molecular flexibility index (Phi) is 5.30. The van der Waals surface area contributed by atoms with E-state index in [1.807, 2.05) is 0 Å². The number of thiazole rings is 1. The highest BCUT2D eigenvalue weighted by Crippen LogP contribution is 2.34. The van der Waals surface area contributed by atoms with Crippen LogP contribution in [0.2, 0.25) is 0 Å². The lowest BCUT2D eigenvalue weighted by Gasteiger charge is -2.49. The van der Waals surface area contributed by atoms with Crippen LogP contribution in [0.3, 0.4) is 0 Å². The monoisotopic (exact) mass is 307 g/mol. The maximum absolute atomic E-state index is 4.62. The second kappa shape index (κ2) is 7.21. The number of nitrogens with one attached hydrogen (secondary N) is 1. The number of hydrogen-bond donors (Lipinski definition) is 1. The Balaban J connectivity index is 1.56. The van der Waals surface area contributed by atoms with Crippen molar-refractivity contribution in [2.75, 3.05) is 13.1 Å². The maximum Gasteiger partial charge on any atom is 0.0897 e. The molecule has 118 valence electrons. The second-order valence-corrected chi connectivity index (χ2v) is 7.77. The van der Waals surface area contributed by atoms with Crippen LogP contribution in [0.4, 0.5) is 0 Å². The Bertz CT molecular complexity index is 431. The smallest absolute Gasteiger partial charge is 0.0897 e. The van der Waals surface area contributed by atoms with Crippen LogP contribution in [0.5, 0.6) is 0 Å². The van der Waals surface area contributed by atoms with Crippen molar-refractivity contribution in [1.82, 2.24) is 15.2 Å². The summed E-state index contributed by atoms with van der Waals surface area (Å²) in [6.45, 7) is 6.76. The molecule has 1 aromatic rings. The molecule has 0 spiro atoms. The first-order valence-electron chi connectivity index (χ1n) is 8.66. The average Bonchev–Trinajstić information content (AvgIpc) is 2.88. The lowest BCUT2D eigenvalue weighted by atomic mass is 9.81. The van der Waals surface area contributed by atoms with E-state index in [1.165, 1.54) is 62.3 Å². The first kappa shape index (κ1) is 15.4. The summed E-state index contributed by atoms with van der Waals surface area (Å²) in [5, 5.41) is 7.20. The molecule has 3 heterocycles. The van der Waals surface area contributed by atoms with Crippen molar-refractivity contribution in [3.63, 3.8) is 0 Å². The van der Waals surface area contributed by atoms with E-state index in [-0.39, 0.29) is 0 Å². The molecule has 0 aromatic carbocycles. The molecule has 3 rings (SSSR count). The summed E-state index contributed by atoms with van der Waals surface area (Å²) in [4.78, 5) is 7.43. The highest BCUT2D eigenvalue weighted by Gasteiger charge is 2.37. The minimum atomic E-state index is 0.762. The van der Waals surface area contributed by atoms with Gasteiger partial charge in [0.05, 0.1) is 10.7 Å². The van der Waals surface area contributed by atoms with Gasteiger partial charge in [-0.1, -0.05) is 13.3 Å². The van der Waals surface area contributed by atoms with Crippen LogP contribution in [0.15, 0.2) is 5.38 Å². The zero-order valence-electron chi connectivity index (χ0n) is 13.5. The van der Waals surface area contributed by atoms with Gasteiger partial charge in [0.1, 0.15) is 0 Å². The number of aryl methyl sites for hydroxylation is 1. The number of piperidine rings is 2. The van der Waals surface area contributed by atoms with Gasteiger partial charge in [-0.05, 0) is 45.6 Å². The summed E-state index contributed by atoms with van der Waals surface area (Å²) in [6.07, 6.45) is 9.32. The molecule has 2 atom stereocenters. The van der Waals surface area contributed by atoms with Gasteiger partial charge >= 0.3 is 0 Å². The topological polar surface area (TPSA) is 28.2 Å². The van der Waals surface area contributed by atoms with Crippen molar-refractivity contribution < 1.29 is 0 Å². The fourth-order valence-corrected chi connectivity index (χ4v) is 4.77. The summed E-state index contributed by atoms with van der Waals surface area (Å²) < 4.78 is 0. The maximum atomic E-state index is 4.62. The molecule has 2 saturated heterocycles. The zero-order chi connectivity index (χ0) is 14.7. The van der Waals surface area contributed by atoms with Crippen LogP contribution in [0.1, 0.15) is 56.2 Å². The van der Waals surface area contributed by atoms with Crippen LogP contribution < -0.4 is 5.32 Å². The normalized spacial score (nSPS) is 29.7. The number of aromatic nitrogens is 1. The Morgan fingerprint density at radius 2 is 2.10 bits per heavy atom. The van der Waals surface area contributed by atoms with E-state index in [0.717, 1.165) is 24.5 Å². The lowest BCUT2D eigenvalue weighted by molar-refractivity contribution is 0.0255. The number of hydrogen-bond acceptors (Lipinski definition) is 4. The number of rotatable bonds is 6. The summed E-state index contributed by atoms with van der Waals surface area (Å²) >= 11 is 1.78. The minimum Gasteiger partial charge on any atom is -0.314 e. The quantitative estimate of drug-likeness (QED) is 0.873. The van der Waals surface area contributed by atoms with Gasteiger partial charge in [0.15, 0.2) is 0 Å². The van der Waals surface area contributed by atoms with Crippen molar-refractivity contribution in [2.24, 2.45) is 0 Å². The third-order valence-corrected chi connectivity index (χ3v) is 5.92. The number of fused-ring (bicyclic) bond motifs is 2. The van der Waals surface area contributed by atoms with E-state index in [4.69, 9.17) is 0 Å². The largest absolute Gasteiger partial charge is 0.314 e. The predicted octanol–water partition coefficient (Wildman–Crippen LogP) is 3.38. The van der Waals surface area contributed by atoms with E-state index in [1.54, 1.807) is 11.3 Å². The van der Waals surface area contributed by atoms with Crippen LogP contribution in [-0.2, 0) is 6.42 Å². The van der Waals surface area contributed by atoms with Gasteiger partial charge in [-0.15, -0.1) is 11.3 Å². The predicted molar refractivity (Wildman–Crippen MR) is 90.0 cm³/mol. The second-order valence-electron chi connectivity index (χ2n) is 6.71. The average molecular weight is 308 g/mol. The van der Waals surface area contributed by atoms with E-state index in [2.05, 4.69) is 34.4 Å². The Hall–Kier alpha value is -0.450. The van der Waals surface area contributed by atoms with E-state index < -0.39 is 0 Å². The van der Waals surface area contributed by atoms with Crippen LogP contribution in [0, 0.1) is 6.92 Å². The summed E-state index contributed by atoms with van der Waals surface area (Å²) in [5.41, 5.74) is 1.29. The van der Waals surface area contributed by atoms with Gasteiger partial charge in [-0.25, -0.2) is 4.98 Å². The molecule has 4 heteroatoms.